The maximum absolute atomic E-state index is 12.6. The molecule has 1 saturated heterocycles. The Bertz CT molecular complexity index is 542. The van der Waals surface area contributed by atoms with Gasteiger partial charge in [0.2, 0.25) is 0 Å². The Morgan fingerprint density at radius 3 is 2.72 bits per heavy atom. The van der Waals surface area contributed by atoms with Crippen LogP contribution in [0.4, 0.5) is 0 Å². The maximum atomic E-state index is 12.6. The van der Waals surface area contributed by atoms with Crippen LogP contribution < -0.4 is 5.32 Å². The lowest BCUT2D eigenvalue weighted by Crippen LogP contribution is -2.47. The van der Waals surface area contributed by atoms with Crippen LogP contribution in [0.2, 0.25) is 0 Å². The zero-order valence-electron chi connectivity index (χ0n) is 15.4. The summed E-state index contributed by atoms with van der Waals surface area (Å²) >= 11 is 1.70. The molecule has 2 heterocycles. The number of hydrogen-bond acceptors (Lipinski definition) is 4. The summed E-state index contributed by atoms with van der Waals surface area (Å²) in [5.74, 6) is 1.63. The van der Waals surface area contributed by atoms with Crippen LogP contribution in [0.5, 0.6) is 0 Å². The number of pyridine rings is 1. The van der Waals surface area contributed by atoms with Crippen molar-refractivity contribution in [3.8, 4) is 0 Å². The molecule has 0 bridgehead atoms. The summed E-state index contributed by atoms with van der Waals surface area (Å²) in [4.78, 5) is 19.6. The molecule has 1 aliphatic carbocycles. The lowest BCUT2D eigenvalue weighted by atomic mass is 9.83. The van der Waals surface area contributed by atoms with Gasteiger partial charge in [-0.05, 0) is 62.6 Å². The molecule has 0 radical (unpaired) electrons. The SMILES string of the molecule is CCSc1ccc(C(=O)N[C@@H]2CCCC[C@H]2CN2CCCCC2)cn1. The van der Waals surface area contributed by atoms with Gasteiger partial charge in [-0.2, -0.15) is 0 Å². The first-order valence-electron chi connectivity index (χ1n) is 9.88. The molecule has 0 unspecified atom stereocenters. The second-order valence-corrected chi connectivity index (χ2v) is 8.59. The highest BCUT2D eigenvalue weighted by Crippen LogP contribution is 2.27. The Morgan fingerprint density at radius 1 is 1.20 bits per heavy atom. The molecule has 1 aromatic rings. The number of likely N-dealkylation sites (tertiary alicyclic amines) is 1. The zero-order valence-corrected chi connectivity index (χ0v) is 16.2. The van der Waals surface area contributed by atoms with Crippen molar-refractivity contribution < 1.29 is 4.79 Å². The highest BCUT2D eigenvalue weighted by Gasteiger charge is 2.28. The van der Waals surface area contributed by atoms with E-state index in [1.807, 2.05) is 12.1 Å². The van der Waals surface area contributed by atoms with Crippen LogP contribution in [-0.4, -0.2) is 47.2 Å². The number of nitrogens with one attached hydrogen (secondary N) is 1. The van der Waals surface area contributed by atoms with Gasteiger partial charge in [0.1, 0.15) is 0 Å². The second kappa shape index (κ2) is 9.58. The minimum atomic E-state index is 0.0380. The molecule has 1 saturated carbocycles. The van der Waals surface area contributed by atoms with Gasteiger partial charge in [-0.3, -0.25) is 4.79 Å². The lowest BCUT2D eigenvalue weighted by molar-refractivity contribution is 0.0877. The van der Waals surface area contributed by atoms with E-state index >= 15 is 0 Å². The largest absolute Gasteiger partial charge is 0.349 e. The van der Waals surface area contributed by atoms with Crippen molar-refractivity contribution in [2.24, 2.45) is 5.92 Å². The number of nitrogens with zero attached hydrogens (tertiary/aromatic N) is 2. The molecule has 1 N–H and O–H groups in total. The molecule has 3 rings (SSSR count). The average Bonchev–Trinajstić information content (AvgIpc) is 2.65. The van der Waals surface area contributed by atoms with E-state index in [1.165, 1.54) is 51.6 Å². The highest BCUT2D eigenvalue weighted by molar-refractivity contribution is 7.99. The van der Waals surface area contributed by atoms with Crippen molar-refractivity contribution >= 4 is 17.7 Å². The van der Waals surface area contributed by atoms with Gasteiger partial charge < -0.3 is 10.2 Å². The van der Waals surface area contributed by atoms with Gasteiger partial charge in [0, 0.05) is 18.8 Å². The van der Waals surface area contributed by atoms with Crippen molar-refractivity contribution in [3.63, 3.8) is 0 Å². The molecule has 2 aliphatic rings. The van der Waals surface area contributed by atoms with E-state index in [9.17, 15) is 4.79 Å². The number of rotatable bonds is 6. The Balaban J connectivity index is 1.57. The summed E-state index contributed by atoms with van der Waals surface area (Å²) in [5.41, 5.74) is 0.683. The molecule has 0 aromatic carbocycles. The Labute approximate surface area is 156 Å². The van der Waals surface area contributed by atoms with Gasteiger partial charge in [0.05, 0.1) is 10.6 Å². The summed E-state index contributed by atoms with van der Waals surface area (Å²) < 4.78 is 0. The fourth-order valence-corrected chi connectivity index (χ4v) is 4.68. The van der Waals surface area contributed by atoms with E-state index in [0.717, 1.165) is 23.7 Å². The molecule has 0 spiro atoms. The van der Waals surface area contributed by atoms with Gasteiger partial charge in [0.15, 0.2) is 0 Å². The molecule has 2 atom stereocenters. The van der Waals surface area contributed by atoms with E-state index in [1.54, 1.807) is 18.0 Å². The monoisotopic (exact) mass is 361 g/mol. The van der Waals surface area contributed by atoms with E-state index in [-0.39, 0.29) is 5.91 Å². The summed E-state index contributed by atoms with van der Waals surface area (Å²) in [7, 11) is 0. The summed E-state index contributed by atoms with van der Waals surface area (Å²) in [5, 5.41) is 4.30. The van der Waals surface area contributed by atoms with Crippen molar-refractivity contribution in [2.45, 2.75) is 62.9 Å². The first kappa shape index (κ1) is 18.7. The molecule has 2 fully saturated rings. The third-order valence-corrected chi connectivity index (χ3v) is 6.28. The number of piperidine rings is 1. The molecule has 4 nitrogen and oxygen atoms in total. The fraction of sp³-hybridized carbons (Fsp3) is 0.700. The second-order valence-electron chi connectivity index (χ2n) is 7.30. The number of carbonyl (C=O) groups excluding carboxylic acids is 1. The Morgan fingerprint density at radius 2 is 2.00 bits per heavy atom. The maximum Gasteiger partial charge on any atom is 0.253 e. The molecule has 25 heavy (non-hydrogen) atoms. The van der Waals surface area contributed by atoms with E-state index < -0.39 is 0 Å². The number of amides is 1. The predicted octanol–water partition coefficient (Wildman–Crippen LogP) is 3.97. The summed E-state index contributed by atoms with van der Waals surface area (Å²) in [6.45, 7) is 5.73. The van der Waals surface area contributed by atoms with Crippen molar-refractivity contribution in [2.75, 3.05) is 25.4 Å². The van der Waals surface area contributed by atoms with Crippen molar-refractivity contribution in [1.29, 1.82) is 0 Å². The van der Waals surface area contributed by atoms with Gasteiger partial charge in [-0.15, -0.1) is 11.8 Å². The Kier molecular flexibility index (Phi) is 7.17. The fourth-order valence-electron chi connectivity index (χ4n) is 4.09. The highest BCUT2D eigenvalue weighted by atomic mass is 32.2. The quantitative estimate of drug-likeness (QED) is 0.779. The topological polar surface area (TPSA) is 45.2 Å². The number of hydrogen-bond donors (Lipinski definition) is 1. The van der Waals surface area contributed by atoms with Crippen LogP contribution in [0, 0.1) is 5.92 Å². The van der Waals surface area contributed by atoms with Crippen molar-refractivity contribution in [1.82, 2.24) is 15.2 Å². The molecule has 1 aromatic heterocycles. The van der Waals surface area contributed by atoms with E-state index in [2.05, 4.69) is 22.1 Å². The Hall–Kier alpha value is -1.07. The van der Waals surface area contributed by atoms with Crippen LogP contribution in [-0.2, 0) is 0 Å². The van der Waals surface area contributed by atoms with Crippen LogP contribution in [0.1, 0.15) is 62.2 Å². The summed E-state index contributed by atoms with van der Waals surface area (Å²) in [6.07, 6.45) is 10.6. The van der Waals surface area contributed by atoms with Gasteiger partial charge in [-0.25, -0.2) is 4.98 Å². The molecular formula is C20H31N3OS. The first-order chi connectivity index (χ1) is 12.3. The third-order valence-electron chi connectivity index (χ3n) is 5.46. The van der Waals surface area contributed by atoms with E-state index in [4.69, 9.17) is 0 Å². The van der Waals surface area contributed by atoms with Gasteiger partial charge in [-0.1, -0.05) is 26.2 Å². The van der Waals surface area contributed by atoms with Crippen LogP contribution in [0.15, 0.2) is 23.4 Å². The third kappa shape index (κ3) is 5.45. The number of carbonyl (C=O) groups is 1. The summed E-state index contributed by atoms with van der Waals surface area (Å²) in [6, 6.07) is 4.17. The first-order valence-corrected chi connectivity index (χ1v) is 10.9. The lowest BCUT2D eigenvalue weighted by Gasteiger charge is -2.37. The standard InChI is InChI=1S/C20H31N3OS/c1-2-25-19-11-10-16(14-21-19)20(24)22-18-9-5-4-8-17(18)15-23-12-6-3-7-13-23/h10-11,14,17-18H,2-9,12-13,15H2,1H3,(H,22,24)/t17-,18+/m0/s1. The molecular weight excluding hydrogens is 330 g/mol. The molecule has 138 valence electrons. The zero-order chi connectivity index (χ0) is 17.5. The normalized spacial score (nSPS) is 24.8. The predicted molar refractivity (Wildman–Crippen MR) is 104 cm³/mol. The van der Waals surface area contributed by atoms with Gasteiger partial charge >= 0.3 is 0 Å². The molecule has 1 amide bonds. The number of aromatic nitrogens is 1. The minimum absolute atomic E-state index is 0.0380. The van der Waals surface area contributed by atoms with Crippen LogP contribution in [0.25, 0.3) is 0 Å². The van der Waals surface area contributed by atoms with Gasteiger partial charge in [0.25, 0.3) is 5.91 Å². The minimum Gasteiger partial charge on any atom is -0.349 e. The molecule has 5 heteroatoms. The average molecular weight is 362 g/mol. The number of thioether (sulfide) groups is 1. The van der Waals surface area contributed by atoms with Crippen LogP contribution >= 0.6 is 11.8 Å². The van der Waals surface area contributed by atoms with Crippen LogP contribution in [0.3, 0.4) is 0 Å². The smallest absolute Gasteiger partial charge is 0.253 e. The molecule has 1 aliphatic heterocycles. The van der Waals surface area contributed by atoms with Crippen molar-refractivity contribution in [3.05, 3.63) is 23.9 Å². The van der Waals surface area contributed by atoms with E-state index in [0.29, 0.717) is 17.5 Å².